The van der Waals surface area contributed by atoms with Crippen LogP contribution in [-0.4, -0.2) is 28.9 Å². The summed E-state index contributed by atoms with van der Waals surface area (Å²) in [7, 11) is 0. The smallest absolute Gasteiger partial charge is 0.339 e. The molecule has 0 spiro atoms. The van der Waals surface area contributed by atoms with Crippen LogP contribution in [0, 0.1) is 11.7 Å². The van der Waals surface area contributed by atoms with E-state index >= 15 is 0 Å². The third-order valence-corrected chi connectivity index (χ3v) is 3.46. The molecule has 0 radical (unpaired) electrons. The van der Waals surface area contributed by atoms with Gasteiger partial charge in [-0.2, -0.15) is 13.2 Å². The zero-order valence-corrected chi connectivity index (χ0v) is 14.9. The third kappa shape index (κ3) is 5.76. The number of piperidine rings is 1. The highest BCUT2D eigenvalue weighted by molar-refractivity contribution is 5.94. The second kappa shape index (κ2) is 10.3. The summed E-state index contributed by atoms with van der Waals surface area (Å²) < 4.78 is 51.5. The van der Waals surface area contributed by atoms with E-state index < -0.39 is 29.2 Å². The van der Waals surface area contributed by atoms with Crippen molar-refractivity contribution in [3.05, 3.63) is 29.3 Å². The molecule has 1 aromatic heterocycles. The average Bonchev–Trinajstić information content (AvgIpc) is 2.58. The molecular weight excluding hydrogens is 324 g/mol. The summed E-state index contributed by atoms with van der Waals surface area (Å²) >= 11 is 0. The molecular formula is C17H26F4N2O. The summed E-state index contributed by atoms with van der Waals surface area (Å²) in [5, 5.41) is 0. The van der Waals surface area contributed by atoms with Gasteiger partial charge in [-0.3, -0.25) is 4.79 Å². The zero-order valence-electron chi connectivity index (χ0n) is 14.9. The maximum absolute atomic E-state index is 13.8. The second-order valence-electron chi connectivity index (χ2n) is 4.99. The standard InChI is InChI=1S/C13H14F4N2O.2C2H6/c1-8-3-6-19(7-4-8)12(20)9-2-5-18-11(10(9)14)13(15,16)17;2*1-2/h2,5,8H,3-4,6-7H2,1H3;2*1-2H3. The lowest BCUT2D eigenvalue weighted by atomic mass is 9.98. The Morgan fingerprint density at radius 1 is 1.17 bits per heavy atom. The first-order chi connectivity index (χ1) is 11.3. The highest BCUT2D eigenvalue weighted by atomic mass is 19.4. The Labute approximate surface area is 141 Å². The van der Waals surface area contributed by atoms with Gasteiger partial charge in [-0.15, -0.1) is 0 Å². The minimum absolute atomic E-state index is 0.434. The first-order valence-electron chi connectivity index (χ1n) is 8.31. The fraction of sp³-hybridized carbons (Fsp3) is 0.647. The largest absolute Gasteiger partial charge is 0.436 e. The van der Waals surface area contributed by atoms with Crippen LogP contribution in [0.5, 0.6) is 0 Å². The molecule has 0 bridgehead atoms. The van der Waals surface area contributed by atoms with Gasteiger partial charge in [0.2, 0.25) is 0 Å². The predicted molar refractivity (Wildman–Crippen MR) is 86.2 cm³/mol. The molecule has 3 nitrogen and oxygen atoms in total. The quantitative estimate of drug-likeness (QED) is 0.655. The van der Waals surface area contributed by atoms with E-state index in [1.165, 1.54) is 4.90 Å². The van der Waals surface area contributed by atoms with Crippen LogP contribution in [0.2, 0.25) is 0 Å². The number of aromatic nitrogens is 1. The van der Waals surface area contributed by atoms with E-state index in [1.807, 2.05) is 34.6 Å². The minimum atomic E-state index is -4.91. The summed E-state index contributed by atoms with van der Waals surface area (Å²) in [6.07, 6.45) is -2.56. The van der Waals surface area contributed by atoms with Crippen molar-refractivity contribution in [1.82, 2.24) is 9.88 Å². The molecule has 1 saturated heterocycles. The van der Waals surface area contributed by atoms with E-state index in [1.54, 1.807) is 0 Å². The SMILES string of the molecule is CC.CC.CC1CCN(C(=O)c2ccnc(C(F)(F)F)c2F)CC1. The normalized spacial score (nSPS) is 15.0. The Morgan fingerprint density at radius 3 is 2.12 bits per heavy atom. The van der Waals surface area contributed by atoms with Gasteiger partial charge >= 0.3 is 6.18 Å². The number of alkyl halides is 3. The Bertz CT molecular complexity index is 510. The van der Waals surface area contributed by atoms with Crippen molar-refractivity contribution in [3.8, 4) is 0 Å². The molecule has 1 aromatic rings. The lowest BCUT2D eigenvalue weighted by molar-refractivity contribution is -0.143. The van der Waals surface area contributed by atoms with Crippen molar-refractivity contribution in [2.75, 3.05) is 13.1 Å². The molecule has 0 atom stereocenters. The topological polar surface area (TPSA) is 33.2 Å². The molecule has 0 saturated carbocycles. The molecule has 1 aliphatic heterocycles. The second-order valence-corrected chi connectivity index (χ2v) is 4.99. The monoisotopic (exact) mass is 350 g/mol. The van der Waals surface area contributed by atoms with E-state index in [-0.39, 0.29) is 0 Å². The van der Waals surface area contributed by atoms with Crippen LogP contribution in [-0.2, 0) is 6.18 Å². The van der Waals surface area contributed by atoms with Gasteiger partial charge in [0.1, 0.15) is 0 Å². The molecule has 138 valence electrons. The van der Waals surface area contributed by atoms with Crippen molar-refractivity contribution in [2.45, 2.75) is 53.6 Å². The summed E-state index contributed by atoms with van der Waals surface area (Å²) in [5.41, 5.74) is -2.21. The van der Waals surface area contributed by atoms with Gasteiger partial charge in [0.25, 0.3) is 5.91 Å². The molecule has 1 aliphatic rings. The lowest BCUT2D eigenvalue weighted by Gasteiger charge is -2.30. The van der Waals surface area contributed by atoms with Crippen molar-refractivity contribution in [3.63, 3.8) is 0 Å². The van der Waals surface area contributed by atoms with Crippen LogP contribution in [0.3, 0.4) is 0 Å². The molecule has 0 aliphatic carbocycles. The number of carbonyl (C=O) groups excluding carboxylic acids is 1. The number of amides is 1. The molecule has 0 aromatic carbocycles. The van der Waals surface area contributed by atoms with Crippen LogP contribution in [0.15, 0.2) is 12.3 Å². The Morgan fingerprint density at radius 2 is 1.67 bits per heavy atom. The predicted octanol–water partition coefficient (Wildman–Crippen LogP) is 5.16. The zero-order chi connectivity index (χ0) is 18.9. The molecule has 1 fully saturated rings. The van der Waals surface area contributed by atoms with Gasteiger partial charge in [-0.25, -0.2) is 9.37 Å². The first-order valence-corrected chi connectivity index (χ1v) is 8.31. The van der Waals surface area contributed by atoms with Crippen LogP contribution < -0.4 is 0 Å². The summed E-state index contributed by atoms with van der Waals surface area (Å²) in [5.74, 6) is -1.84. The van der Waals surface area contributed by atoms with Crippen LogP contribution in [0.4, 0.5) is 17.6 Å². The van der Waals surface area contributed by atoms with Crippen molar-refractivity contribution in [2.24, 2.45) is 5.92 Å². The number of hydrogen-bond donors (Lipinski definition) is 0. The van der Waals surface area contributed by atoms with Crippen molar-refractivity contribution in [1.29, 1.82) is 0 Å². The molecule has 2 rings (SSSR count). The number of halogens is 4. The lowest BCUT2D eigenvalue weighted by Crippen LogP contribution is -2.38. The highest BCUT2D eigenvalue weighted by Crippen LogP contribution is 2.31. The average molecular weight is 350 g/mol. The number of likely N-dealkylation sites (tertiary alicyclic amines) is 1. The number of pyridine rings is 1. The Balaban J connectivity index is 0.00000123. The fourth-order valence-electron chi connectivity index (χ4n) is 2.19. The van der Waals surface area contributed by atoms with E-state index in [9.17, 15) is 22.4 Å². The molecule has 24 heavy (non-hydrogen) atoms. The molecule has 0 unspecified atom stereocenters. The third-order valence-electron chi connectivity index (χ3n) is 3.46. The van der Waals surface area contributed by atoms with Gasteiger partial charge in [0.15, 0.2) is 11.5 Å². The van der Waals surface area contributed by atoms with Crippen LogP contribution in [0.1, 0.15) is 63.5 Å². The summed E-state index contributed by atoms with van der Waals surface area (Å²) in [6, 6.07) is 0.991. The molecule has 2 heterocycles. The maximum Gasteiger partial charge on any atom is 0.436 e. The Kier molecular flexibility index (Phi) is 9.55. The van der Waals surface area contributed by atoms with Gasteiger partial charge in [0, 0.05) is 19.3 Å². The van der Waals surface area contributed by atoms with Gasteiger partial charge in [-0.1, -0.05) is 34.6 Å². The number of rotatable bonds is 1. The van der Waals surface area contributed by atoms with E-state index in [2.05, 4.69) is 4.98 Å². The van der Waals surface area contributed by atoms with Crippen LogP contribution >= 0.6 is 0 Å². The fourth-order valence-corrected chi connectivity index (χ4v) is 2.19. The van der Waals surface area contributed by atoms with Crippen molar-refractivity contribution < 1.29 is 22.4 Å². The van der Waals surface area contributed by atoms with E-state index in [0.717, 1.165) is 25.1 Å². The van der Waals surface area contributed by atoms with Crippen molar-refractivity contribution >= 4 is 5.91 Å². The Hall–Kier alpha value is -1.66. The van der Waals surface area contributed by atoms with E-state index in [4.69, 9.17) is 0 Å². The molecule has 0 N–H and O–H groups in total. The van der Waals surface area contributed by atoms with Gasteiger partial charge in [0.05, 0.1) is 5.56 Å². The number of nitrogens with zero attached hydrogens (tertiary/aromatic N) is 2. The first kappa shape index (κ1) is 22.3. The number of carbonyl (C=O) groups is 1. The van der Waals surface area contributed by atoms with E-state index in [0.29, 0.717) is 19.0 Å². The summed E-state index contributed by atoms with van der Waals surface area (Å²) in [6.45, 7) is 10.9. The minimum Gasteiger partial charge on any atom is -0.339 e. The maximum atomic E-state index is 13.8. The summed E-state index contributed by atoms with van der Waals surface area (Å²) in [4.78, 5) is 16.5. The number of hydrogen-bond acceptors (Lipinski definition) is 2. The highest BCUT2D eigenvalue weighted by Gasteiger charge is 2.38. The molecule has 7 heteroatoms. The van der Waals surface area contributed by atoms with Gasteiger partial charge < -0.3 is 4.90 Å². The molecule has 1 amide bonds. The van der Waals surface area contributed by atoms with Crippen LogP contribution in [0.25, 0.3) is 0 Å². The van der Waals surface area contributed by atoms with Gasteiger partial charge in [-0.05, 0) is 24.8 Å².